The number of carbonyl (C=O) groups is 3. The van der Waals surface area contributed by atoms with E-state index in [1.807, 2.05) is 19.0 Å². The van der Waals surface area contributed by atoms with Crippen molar-refractivity contribution < 1.29 is 28.6 Å². The summed E-state index contributed by atoms with van der Waals surface area (Å²) in [4.78, 5) is 40.8. The van der Waals surface area contributed by atoms with Crippen LogP contribution >= 0.6 is 11.3 Å². The number of esters is 1. The molecule has 3 rings (SSSR count). The highest BCUT2D eigenvalue weighted by molar-refractivity contribution is 7.21. The van der Waals surface area contributed by atoms with Gasteiger partial charge in [-0.3, -0.25) is 19.3 Å². The molecule has 2 aromatic rings. The lowest BCUT2D eigenvalue weighted by molar-refractivity contribution is -0.144. The topological polar surface area (TPSA) is 85.4 Å². The van der Waals surface area contributed by atoms with Gasteiger partial charge in [0.1, 0.15) is 11.5 Å². The molecular formula is C19H22N2O6S. The number of carbonyl (C=O) groups excluding carboxylic acids is 3. The predicted molar refractivity (Wildman–Crippen MR) is 104 cm³/mol. The minimum absolute atomic E-state index is 0.00531. The Labute approximate surface area is 166 Å². The Morgan fingerprint density at radius 3 is 2.43 bits per heavy atom. The van der Waals surface area contributed by atoms with Gasteiger partial charge in [-0.2, -0.15) is 0 Å². The Morgan fingerprint density at radius 2 is 1.79 bits per heavy atom. The molecule has 28 heavy (non-hydrogen) atoms. The molecule has 2 heterocycles. The maximum atomic E-state index is 12.8. The Kier molecular flexibility index (Phi) is 5.85. The van der Waals surface area contributed by atoms with Gasteiger partial charge in [0.25, 0.3) is 11.8 Å². The summed E-state index contributed by atoms with van der Waals surface area (Å²) in [7, 11) is 6.80. The molecule has 0 unspecified atom stereocenters. The summed E-state index contributed by atoms with van der Waals surface area (Å²) < 4.78 is 16.5. The minimum atomic E-state index is -0.436. The van der Waals surface area contributed by atoms with E-state index in [-0.39, 0.29) is 25.5 Å². The highest BCUT2D eigenvalue weighted by Gasteiger charge is 2.39. The largest absolute Gasteiger partial charge is 0.493 e. The van der Waals surface area contributed by atoms with Crippen molar-refractivity contribution in [1.82, 2.24) is 9.80 Å². The standard InChI is InChI=1S/C19H22N2O6S/c1-20(2)7-8-27-15(22)5-6-21-18(23)16-11-9-12(25-3)13(26-4)10-14(11)28-17(16)19(21)24/h9-10H,5-8H2,1-4H3. The summed E-state index contributed by atoms with van der Waals surface area (Å²) in [5, 5.41) is 0.645. The van der Waals surface area contributed by atoms with Crippen molar-refractivity contribution in [2.75, 3.05) is 48.0 Å². The quantitative estimate of drug-likeness (QED) is 0.490. The molecule has 0 fully saturated rings. The second-order valence-corrected chi connectivity index (χ2v) is 7.60. The van der Waals surface area contributed by atoms with Crippen LogP contribution in [0.3, 0.4) is 0 Å². The summed E-state index contributed by atoms with van der Waals surface area (Å²) >= 11 is 1.23. The lowest BCUT2D eigenvalue weighted by Crippen LogP contribution is -2.32. The zero-order valence-corrected chi connectivity index (χ0v) is 17.1. The smallest absolute Gasteiger partial charge is 0.307 e. The van der Waals surface area contributed by atoms with Crippen molar-refractivity contribution in [1.29, 1.82) is 0 Å². The molecule has 150 valence electrons. The molecule has 0 saturated heterocycles. The van der Waals surface area contributed by atoms with E-state index in [1.54, 1.807) is 12.1 Å². The van der Waals surface area contributed by atoms with Crippen molar-refractivity contribution in [3.05, 3.63) is 22.6 Å². The molecule has 1 aromatic heterocycles. The first-order valence-corrected chi connectivity index (χ1v) is 9.54. The zero-order valence-electron chi connectivity index (χ0n) is 16.2. The molecule has 0 radical (unpaired) electrons. The summed E-state index contributed by atoms with van der Waals surface area (Å²) in [6.07, 6.45) is -0.0328. The number of amides is 2. The lowest BCUT2D eigenvalue weighted by Gasteiger charge is -2.14. The van der Waals surface area contributed by atoms with Crippen LogP contribution in [0.25, 0.3) is 10.1 Å². The van der Waals surface area contributed by atoms with E-state index in [2.05, 4.69) is 0 Å². The number of benzene rings is 1. The van der Waals surface area contributed by atoms with Crippen molar-refractivity contribution >= 4 is 39.2 Å². The van der Waals surface area contributed by atoms with Crippen LogP contribution in [0.1, 0.15) is 26.5 Å². The molecule has 0 atom stereocenters. The van der Waals surface area contributed by atoms with Gasteiger partial charge in [0.15, 0.2) is 11.5 Å². The van der Waals surface area contributed by atoms with Crippen LogP contribution in [0.15, 0.2) is 12.1 Å². The third-order valence-corrected chi connectivity index (χ3v) is 5.57. The van der Waals surface area contributed by atoms with E-state index in [1.165, 1.54) is 25.6 Å². The minimum Gasteiger partial charge on any atom is -0.493 e. The Hall–Kier alpha value is -2.65. The Morgan fingerprint density at radius 1 is 1.11 bits per heavy atom. The molecule has 9 heteroatoms. The molecular weight excluding hydrogens is 384 g/mol. The number of hydrogen-bond acceptors (Lipinski definition) is 8. The van der Waals surface area contributed by atoms with Gasteiger partial charge in [-0.05, 0) is 20.2 Å². The second kappa shape index (κ2) is 8.15. The van der Waals surface area contributed by atoms with Gasteiger partial charge in [-0.1, -0.05) is 0 Å². The van der Waals surface area contributed by atoms with E-state index in [0.717, 1.165) is 9.60 Å². The predicted octanol–water partition coefficient (Wildman–Crippen LogP) is 2.01. The van der Waals surface area contributed by atoms with Gasteiger partial charge in [0, 0.05) is 29.2 Å². The Balaban J connectivity index is 1.76. The highest BCUT2D eigenvalue weighted by Crippen LogP contribution is 2.42. The van der Waals surface area contributed by atoms with Gasteiger partial charge in [-0.15, -0.1) is 11.3 Å². The molecule has 1 aliphatic rings. The second-order valence-electron chi connectivity index (χ2n) is 6.55. The third-order valence-electron chi connectivity index (χ3n) is 4.43. The summed E-state index contributed by atoms with van der Waals surface area (Å²) in [5.41, 5.74) is 0.354. The van der Waals surface area contributed by atoms with Crippen LogP contribution in [0.5, 0.6) is 11.5 Å². The first-order valence-electron chi connectivity index (χ1n) is 8.72. The number of methoxy groups -OCH3 is 2. The Bertz CT molecular complexity index is 936. The van der Waals surface area contributed by atoms with Crippen molar-refractivity contribution in [3.63, 3.8) is 0 Å². The fraction of sp³-hybridized carbons (Fsp3) is 0.421. The number of fused-ring (bicyclic) bond motifs is 3. The number of hydrogen-bond donors (Lipinski definition) is 0. The number of ether oxygens (including phenoxy) is 3. The van der Waals surface area contributed by atoms with Gasteiger partial charge < -0.3 is 19.1 Å². The molecule has 1 aromatic carbocycles. The highest BCUT2D eigenvalue weighted by atomic mass is 32.1. The van der Waals surface area contributed by atoms with E-state index in [9.17, 15) is 14.4 Å². The number of imide groups is 1. The van der Waals surface area contributed by atoms with E-state index in [4.69, 9.17) is 14.2 Å². The van der Waals surface area contributed by atoms with Crippen LogP contribution in [0.2, 0.25) is 0 Å². The van der Waals surface area contributed by atoms with Crippen LogP contribution in [0, 0.1) is 0 Å². The summed E-state index contributed by atoms with van der Waals surface area (Å²) in [5.74, 6) is -0.209. The molecule has 2 amide bonds. The zero-order chi connectivity index (χ0) is 20.4. The lowest BCUT2D eigenvalue weighted by atomic mass is 10.1. The first kappa shape index (κ1) is 20.1. The summed E-state index contributed by atoms with van der Waals surface area (Å²) in [6, 6.07) is 3.46. The van der Waals surface area contributed by atoms with E-state index in [0.29, 0.717) is 33.9 Å². The fourth-order valence-electron chi connectivity index (χ4n) is 2.96. The van der Waals surface area contributed by atoms with Crippen LogP contribution in [0.4, 0.5) is 0 Å². The van der Waals surface area contributed by atoms with Crippen LogP contribution in [-0.4, -0.2) is 75.6 Å². The molecule has 0 bridgehead atoms. The molecule has 0 N–H and O–H groups in total. The molecule has 0 aliphatic carbocycles. The van der Waals surface area contributed by atoms with Gasteiger partial charge in [0.05, 0.1) is 26.2 Å². The summed E-state index contributed by atoms with van der Waals surface area (Å²) in [6.45, 7) is 0.879. The van der Waals surface area contributed by atoms with Gasteiger partial charge in [-0.25, -0.2) is 0 Å². The van der Waals surface area contributed by atoms with Gasteiger partial charge in [0.2, 0.25) is 0 Å². The van der Waals surface area contributed by atoms with Crippen molar-refractivity contribution in [3.8, 4) is 11.5 Å². The average molecular weight is 406 g/mol. The maximum absolute atomic E-state index is 12.8. The van der Waals surface area contributed by atoms with Crippen LogP contribution in [-0.2, 0) is 9.53 Å². The SMILES string of the molecule is COc1cc2sc3c(c2cc1OC)C(=O)N(CCC(=O)OCCN(C)C)C3=O. The third kappa shape index (κ3) is 3.67. The first-order chi connectivity index (χ1) is 13.4. The molecule has 8 nitrogen and oxygen atoms in total. The monoisotopic (exact) mass is 406 g/mol. The maximum Gasteiger partial charge on any atom is 0.307 e. The van der Waals surface area contributed by atoms with E-state index >= 15 is 0 Å². The van der Waals surface area contributed by atoms with E-state index < -0.39 is 11.9 Å². The number of rotatable bonds is 8. The van der Waals surface area contributed by atoms with Crippen molar-refractivity contribution in [2.24, 2.45) is 0 Å². The normalized spacial score (nSPS) is 13.4. The average Bonchev–Trinajstić information content (AvgIpc) is 3.14. The molecule has 0 spiro atoms. The van der Waals surface area contributed by atoms with Crippen molar-refractivity contribution in [2.45, 2.75) is 6.42 Å². The number of nitrogens with zero attached hydrogens (tertiary/aromatic N) is 2. The van der Waals surface area contributed by atoms with Crippen LogP contribution < -0.4 is 9.47 Å². The fourth-order valence-corrected chi connectivity index (χ4v) is 4.11. The number of thiophene rings is 1. The molecule has 1 aliphatic heterocycles. The van der Waals surface area contributed by atoms with Gasteiger partial charge >= 0.3 is 5.97 Å². The number of likely N-dealkylation sites (N-methyl/N-ethyl adjacent to an activating group) is 1. The molecule has 0 saturated carbocycles.